The van der Waals surface area contributed by atoms with Crippen molar-refractivity contribution in [3.8, 4) is 0 Å². The Balaban J connectivity index is 1.69. The van der Waals surface area contributed by atoms with E-state index in [-0.39, 0.29) is 5.91 Å². The molecule has 5 heteroatoms. The Bertz CT molecular complexity index is 817. The van der Waals surface area contributed by atoms with Crippen LogP contribution in [-0.2, 0) is 4.79 Å². The maximum absolute atomic E-state index is 12.1. The Hall–Kier alpha value is -1.60. The molecule has 1 amide bonds. The van der Waals surface area contributed by atoms with Crippen molar-refractivity contribution in [3.05, 3.63) is 64.4 Å². The first-order chi connectivity index (χ1) is 10.7. The van der Waals surface area contributed by atoms with Gasteiger partial charge in [0.1, 0.15) is 0 Å². The van der Waals surface area contributed by atoms with Gasteiger partial charge in [-0.05, 0) is 46.9 Å². The molecule has 0 fully saturated rings. The van der Waals surface area contributed by atoms with Crippen molar-refractivity contribution in [1.29, 1.82) is 0 Å². The number of rotatable bonds is 4. The van der Waals surface area contributed by atoms with Crippen molar-refractivity contribution >= 4 is 56.9 Å². The summed E-state index contributed by atoms with van der Waals surface area (Å²) >= 11 is 3.72. The second-order valence-electron chi connectivity index (χ2n) is 4.65. The molecule has 22 heavy (non-hydrogen) atoms. The highest BCUT2D eigenvalue weighted by Crippen LogP contribution is 2.26. The third-order valence-corrected chi connectivity index (χ3v) is 5.09. The number of benzene rings is 2. The van der Waals surface area contributed by atoms with Crippen LogP contribution in [0.5, 0.6) is 0 Å². The summed E-state index contributed by atoms with van der Waals surface area (Å²) < 4.78 is 1.03. The zero-order valence-corrected chi connectivity index (χ0v) is 14.6. The molecule has 0 spiro atoms. The number of nitrogens with one attached hydrogen (secondary N) is 1. The van der Waals surface area contributed by atoms with E-state index in [2.05, 4.69) is 32.9 Å². The van der Waals surface area contributed by atoms with E-state index in [9.17, 15) is 4.79 Å². The van der Waals surface area contributed by atoms with Crippen LogP contribution in [0.1, 0.15) is 0 Å². The molecule has 2 aromatic carbocycles. The molecule has 0 radical (unpaired) electrons. The number of fused-ring (bicyclic) bond motifs is 1. The molecular formula is C17H13IN2OS. The average Bonchev–Trinajstić information content (AvgIpc) is 2.55. The zero-order valence-electron chi connectivity index (χ0n) is 11.6. The monoisotopic (exact) mass is 420 g/mol. The Labute approximate surface area is 146 Å². The minimum atomic E-state index is -0.0120. The van der Waals surface area contributed by atoms with Crippen LogP contribution in [0.15, 0.2) is 65.7 Å². The normalized spacial score (nSPS) is 10.6. The lowest BCUT2D eigenvalue weighted by atomic mass is 10.2. The lowest BCUT2D eigenvalue weighted by Gasteiger charge is -2.08. The first-order valence-corrected chi connectivity index (χ1v) is 8.81. The maximum Gasteiger partial charge on any atom is 0.234 e. The van der Waals surface area contributed by atoms with Gasteiger partial charge in [-0.2, -0.15) is 0 Å². The summed E-state index contributed by atoms with van der Waals surface area (Å²) in [6.07, 6.45) is 1.78. The zero-order chi connectivity index (χ0) is 15.4. The molecule has 110 valence electrons. The Morgan fingerprint density at radius 3 is 2.77 bits per heavy atom. The Morgan fingerprint density at radius 1 is 1.09 bits per heavy atom. The minimum Gasteiger partial charge on any atom is -0.324 e. The van der Waals surface area contributed by atoms with Gasteiger partial charge in [-0.3, -0.25) is 9.78 Å². The number of hydrogen-bond donors (Lipinski definition) is 1. The molecule has 3 rings (SSSR count). The van der Waals surface area contributed by atoms with E-state index in [1.807, 2.05) is 54.6 Å². The van der Waals surface area contributed by atoms with Crippen LogP contribution in [0.4, 0.5) is 5.69 Å². The van der Waals surface area contributed by atoms with Gasteiger partial charge in [0.25, 0.3) is 0 Å². The highest BCUT2D eigenvalue weighted by atomic mass is 127. The van der Waals surface area contributed by atoms with E-state index in [0.29, 0.717) is 5.75 Å². The van der Waals surface area contributed by atoms with Gasteiger partial charge in [-0.25, -0.2) is 0 Å². The van der Waals surface area contributed by atoms with Crippen LogP contribution in [0, 0.1) is 3.57 Å². The van der Waals surface area contributed by atoms with Gasteiger partial charge in [0, 0.05) is 20.0 Å². The lowest BCUT2D eigenvalue weighted by molar-refractivity contribution is -0.113. The predicted molar refractivity (Wildman–Crippen MR) is 100 cm³/mol. The van der Waals surface area contributed by atoms with Crippen molar-refractivity contribution in [1.82, 2.24) is 4.98 Å². The fourth-order valence-electron chi connectivity index (χ4n) is 2.08. The van der Waals surface area contributed by atoms with Crippen LogP contribution >= 0.6 is 34.4 Å². The summed E-state index contributed by atoms with van der Waals surface area (Å²) in [5.74, 6) is 0.350. The number of aromatic nitrogens is 1. The van der Waals surface area contributed by atoms with Gasteiger partial charge in [0.2, 0.25) is 5.91 Å². The first kappa shape index (κ1) is 15.3. The Morgan fingerprint density at radius 2 is 1.91 bits per heavy atom. The second-order valence-corrected chi connectivity index (χ2v) is 6.83. The quantitative estimate of drug-likeness (QED) is 0.497. The van der Waals surface area contributed by atoms with Crippen molar-refractivity contribution in [2.75, 3.05) is 11.1 Å². The second kappa shape index (κ2) is 7.11. The van der Waals surface area contributed by atoms with E-state index in [4.69, 9.17) is 0 Å². The van der Waals surface area contributed by atoms with Crippen LogP contribution < -0.4 is 5.32 Å². The number of hydrogen-bond acceptors (Lipinski definition) is 3. The highest BCUT2D eigenvalue weighted by Gasteiger charge is 2.08. The number of carbonyl (C=O) groups excluding carboxylic acids is 1. The topological polar surface area (TPSA) is 42.0 Å². The van der Waals surface area contributed by atoms with E-state index in [1.54, 1.807) is 6.20 Å². The molecule has 0 aliphatic carbocycles. The number of nitrogens with zero attached hydrogens (tertiary/aromatic N) is 1. The van der Waals surface area contributed by atoms with Crippen LogP contribution in [0.25, 0.3) is 10.9 Å². The number of thioether (sulfide) groups is 1. The minimum absolute atomic E-state index is 0.0120. The molecule has 0 bridgehead atoms. The SMILES string of the molecule is O=C(CSc1cccc2cccnc12)Nc1ccccc1I. The molecule has 0 aliphatic rings. The molecule has 0 unspecified atom stereocenters. The van der Waals surface area contributed by atoms with Gasteiger partial charge in [0.05, 0.1) is 17.0 Å². The summed E-state index contributed by atoms with van der Waals surface area (Å²) in [4.78, 5) is 17.5. The molecule has 0 aliphatic heterocycles. The molecule has 1 aromatic heterocycles. The van der Waals surface area contributed by atoms with E-state index >= 15 is 0 Å². The summed E-state index contributed by atoms with van der Waals surface area (Å²) in [6.45, 7) is 0. The van der Waals surface area contributed by atoms with Gasteiger partial charge in [-0.15, -0.1) is 11.8 Å². The average molecular weight is 420 g/mol. The van der Waals surface area contributed by atoms with Crippen molar-refractivity contribution in [3.63, 3.8) is 0 Å². The van der Waals surface area contributed by atoms with Gasteiger partial charge >= 0.3 is 0 Å². The number of para-hydroxylation sites is 2. The molecule has 0 saturated heterocycles. The summed E-state index contributed by atoms with van der Waals surface area (Å²) in [7, 11) is 0. The van der Waals surface area contributed by atoms with Gasteiger partial charge < -0.3 is 5.32 Å². The molecule has 1 N–H and O–H groups in total. The van der Waals surface area contributed by atoms with Gasteiger partial charge in [0.15, 0.2) is 0 Å². The first-order valence-electron chi connectivity index (χ1n) is 6.75. The molecule has 0 saturated carbocycles. The van der Waals surface area contributed by atoms with Crippen molar-refractivity contribution in [2.45, 2.75) is 4.90 Å². The van der Waals surface area contributed by atoms with Crippen molar-refractivity contribution < 1.29 is 4.79 Å². The largest absolute Gasteiger partial charge is 0.324 e. The van der Waals surface area contributed by atoms with E-state index in [0.717, 1.165) is 25.1 Å². The fourth-order valence-corrected chi connectivity index (χ4v) is 3.45. The van der Waals surface area contributed by atoms with Crippen LogP contribution in [0.3, 0.4) is 0 Å². The highest BCUT2D eigenvalue weighted by molar-refractivity contribution is 14.1. The molecule has 0 atom stereocenters. The molecule has 1 heterocycles. The lowest BCUT2D eigenvalue weighted by Crippen LogP contribution is -2.14. The maximum atomic E-state index is 12.1. The van der Waals surface area contributed by atoms with Crippen LogP contribution in [0.2, 0.25) is 0 Å². The number of halogens is 1. The summed E-state index contributed by atoms with van der Waals surface area (Å²) in [5.41, 5.74) is 1.79. The standard InChI is InChI=1S/C17H13IN2OS/c18-13-7-1-2-8-14(13)20-16(21)11-22-15-9-3-5-12-6-4-10-19-17(12)15/h1-10H,11H2,(H,20,21). The predicted octanol–water partition coefficient (Wildman–Crippen LogP) is 4.57. The number of amides is 1. The third-order valence-electron chi connectivity index (χ3n) is 3.10. The van der Waals surface area contributed by atoms with Gasteiger partial charge in [-0.1, -0.05) is 30.3 Å². The number of anilines is 1. The van der Waals surface area contributed by atoms with E-state index < -0.39 is 0 Å². The smallest absolute Gasteiger partial charge is 0.234 e. The summed E-state index contributed by atoms with van der Waals surface area (Å²) in [5, 5.41) is 4.03. The van der Waals surface area contributed by atoms with Crippen molar-refractivity contribution in [2.24, 2.45) is 0 Å². The summed E-state index contributed by atoms with van der Waals surface area (Å²) in [6, 6.07) is 17.7. The molecule has 3 nitrogen and oxygen atoms in total. The fraction of sp³-hybridized carbons (Fsp3) is 0.0588. The third kappa shape index (κ3) is 3.59. The van der Waals surface area contributed by atoms with Crippen LogP contribution in [-0.4, -0.2) is 16.6 Å². The molecule has 3 aromatic rings. The molecular weight excluding hydrogens is 407 g/mol. The van der Waals surface area contributed by atoms with E-state index in [1.165, 1.54) is 11.8 Å². The number of pyridine rings is 1. The number of carbonyl (C=O) groups is 1. The Kier molecular flexibility index (Phi) is 4.94.